The molecule has 142 valence electrons. The normalized spacial score (nSPS) is 11.1. The van der Waals surface area contributed by atoms with Crippen LogP contribution in [0.4, 0.5) is 10.1 Å². The van der Waals surface area contributed by atoms with Crippen LogP contribution in [0.15, 0.2) is 77.2 Å². The lowest BCUT2D eigenvalue weighted by atomic mass is 10.1. The van der Waals surface area contributed by atoms with E-state index in [0.717, 1.165) is 11.1 Å². The zero-order valence-corrected chi connectivity index (χ0v) is 15.0. The van der Waals surface area contributed by atoms with Gasteiger partial charge in [0.1, 0.15) is 5.82 Å². The Labute approximate surface area is 165 Å². The summed E-state index contributed by atoms with van der Waals surface area (Å²) in [6, 6.07) is 19.7. The standard InChI is InChI=1S/C22H14FN3O3/c23-19-13-11-18(12-14-19)22-25-24-21(29-22)17-9-6-15(7-10-17)5-8-16-3-1-2-4-20(16)26(27)28/h1-14H/b8-5+. The molecule has 0 spiro atoms. The number of halogens is 1. The van der Waals surface area contributed by atoms with Gasteiger partial charge < -0.3 is 4.42 Å². The second kappa shape index (κ2) is 7.85. The van der Waals surface area contributed by atoms with Crippen molar-refractivity contribution in [1.29, 1.82) is 0 Å². The highest BCUT2D eigenvalue weighted by molar-refractivity contribution is 5.74. The molecule has 0 N–H and O–H groups in total. The number of rotatable bonds is 5. The highest BCUT2D eigenvalue weighted by Crippen LogP contribution is 2.25. The smallest absolute Gasteiger partial charge is 0.276 e. The van der Waals surface area contributed by atoms with Gasteiger partial charge in [0, 0.05) is 17.2 Å². The molecule has 0 atom stereocenters. The van der Waals surface area contributed by atoms with Crippen molar-refractivity contribution < 1.29 is 13.7 Å². The van der Waals surface area contributed by atoms with Gasteiger partial charge in [0.15, 0.2) is 0 Å². The van der Waals surface area contributed by atoms with E-state index < -0.39 is 4.92 Å². The average molecular weight is 387 g/mol. The summed E-state index contributed by atoms with van der Waals surface area (Å²) < 4.78 is 18.7. The van der Waals surface area contributed by atoms with Crippen molar-refractivity contribution in [3.8, 4) is 22.9 Å². The van der Waals surface area contributed by atoms with Gasteiger partial charge in [-0.1, -0.05) is 30.3 Å². The number of benzene rings is 3. The molecule has 7 heteroatoms. The Bertz CT molecular complexity index is 1180. The van der Waals surface area contributed by atoms with Crippen molar-refractivity contribution in [2.75, 3.05) is 0 Å². The monoisotopic (exact) mass is 387 g/mol. The van der Waals surface area contributed by atoms with Gasteiger partial charge in [-0.25, -0.2) is 4.39 Å². The summed E-state index contributed by atoms with van der Waals surface area (Å²) in [6.45, 7) is 0. The van der Waals surface area contributed by atoms with Crippen LogP contribution in [-0.2, 0) is 0 Å². The molecule has 0 aliphatic heterocycles. The lowest BCUT2D eigenvalue weighted by molar-refractivity contribution is -0.385. The van der Waals surface area contributed by atoms with Gasteiger partial charge in [0.05, 0.1) is 10.5 Å². The number of hydrogen-bond donors (Lipinski definition) is 0. The second-order valence-electron chi connectivity index (χ2n) is 6.19. The molecule has 0 aliphatic carbocycles. The van der Waals surface area contributed by atoms with Crippen LogP contribution in [0.3, 0.4) is 0 Å². The Morgan fingerprint density at radius 3 is 2.03 bits per heavy atom. The molecule has 4 aromatic rings. The van der Waals surface area contributed by atoms with Crippen LogP contribution in [-0.4, -0.2) is 15.1 Å². The third-order valence-electron chi connectivity index (χ3n) is 4.26. The number of aromatic nitrogens is 2. The van der Waals surface area contributed by atoms with Gasteiger partial charge in [-0.05, 0) is 54.1 Å². The average Bonchev–Trinajstić information content (AvgIpc) is 3.23. The number of para-hydroxylation sites is 1. The second-order valence-corrected chi connectivity index (χ2v) is 6.19. The van der Waals surface area contributed by atoms with E-state index >= 15 is 0 Å². The molecule has 6 nitrogen and oxygen atoms in total. The van der Waals surface area contributed by atoms with Crippen LogP contribution < -0.4 is 0 Å². The Hall–Kier alpha value is -4.13. The summed E-state index contributed by atoms with van der Waals surface area (Å²) in [5.41, 5.74) is 2.81. The van der Waals surface area contributed by atoms with Crippen molar-refractivity contribution in [2.45, 2.75) is 0 Å². The molecule has 0 unspecified atom stereocenters. The van der Waals surface area contributed by atoms with Gasteiger partial charge in [-0.2, -0.15) is 0 Å². The van der Waals surface area contributed by atoms with Crippen molar-refractivity contribution in [1.82, 2.24) is 10.2 Å². The molecule has 3 aromatic carbocycles. The summed E-state index contributed by atoms with van der Waals surface area (Å²) in [4.78, 5) is 10.7. The predicted octanol–water partition coefficient (Wildman–Crippen LogP) is 5.62. The maximum Gasteiger partial charge on any atom is 0.276 e. The summed E-state index contributed by atoms with van der Waals surface area (Å²) >= 11 is 0. The topological polar surface area (TPSA) is 82.1 Å². The zero-order chi connectivity index (χ0) is 20.2. The van der Waals surface area contributed by atoms with Gasteiger partial charge in [-0.15, -0.1) is 10.2 Å². The van der Waals surface area contributed by atoms with E-state index in [1.165, 1.54) is 18.2 Å². The lowest BCUT2D eigenvalue weighted by Gasteiger charge is -1.99. The van der Waals surface area contributed by atoms with Gasteiger partial charge in [0.25, 0.3) is 5.69 Å². The number of nitro groups is 1. The maximum atomic E-state index is 13.0. The number of nitrogens with zero attached hydrogens (tertiary/aromatic N) is 3. The fourth-order valence-electron chi connectivity index (χ4n) is 2.77. The third-order valence-corrected chi connectivity index (χ3v) is 4.26. The van der Waals surface area contributed by atoms with Gasteiger partial charge >= 0.3 is 0 Å². The molecule has 0 amide bonds. The van der Waals surface area contributed by atoms with Crippen LogP contribution in [0.1, 0.15) is 11.1 Å². The molecule has 4 rings (SSSR count). The fraction of sp³-hybridized carbons (Fsp3) is 0. The predicted molar refractivity (Wildman–Crippen MR) is 107 cm³/mol. The Kier molecular flexibility index (Phi) is 4.94. The van der Waals surface area contributed by atoms with Crippen LogP contribution >= 0.6 is 0 Å². The number of hydrogen-bond acceptors (Lipinski definition) is 5. The molecule has 0 bridgehead atoms. The van der Waals surface area contributed by atoms with Crippen LogP contribution in [0.5, 0.6) is 0 Å². The Morgan fingerprint density at radius 2 is 1.41 bits per heavy atom. The summed E-state index contributed by atoms with van der Waals surface area (Å²) in [5, 5.41) is 19.1. The maximum absolute atomic E-state index is 13.0. The van der Waals surface area contributed by atoms with E-state index in [2.05, 4.69) is 10.2 Å². The SMILES string of the molecule is O=[N+]([O-])c1ccccc1/C=C/c1ccc(-c2nnc(-c3ccc(F)cc3)o2)cc1. The summed E-state index contributed by atoms with van der Waals surface area (Å²) in [6.07, 6.45) is 3.50. The molecule has 1 aromatic heterocycles. The van der Waals surface area contributed by atoms with Crippen molar-refractivity contribution >= 4 is 17.8 Å². The molecule has 0 saturated heterocycles. The first-order chi connectivity index (χ1) is 14.1. The minimum Gasteiger partial charge on any atom is -0.416 e. The van der Waals surface area contributed by atoms with Crippen LogP contribution in [0.2, 0.25) is 0 Å². The molecule has 0 radical (unpaired) electrons. The quantitative estimate of drug-likeness (QED) is 0.252. The fourth-order valence-corrected chi connectivity index (χ4v) is 2.77. The molecular weight excluding hydrogens is 373 g/mol. The minimum atomic E-state index is -0.406. The van der Waals surface area contributed by atoms with Crippen LogP contribution in [0.25, 0.3) is 35.1 Å². The molecule has 0 fully saturated rings. The van der Waals surface area contributed by atoms with Crippen molar-refractivity contribution in [2.24, 2.45) is 0 Å². The molecular formula is C22H14FN3O3. The van der Waals surface area contributed by atoms with E-state index in [0.29, 0.717) is 22.9 Å². The van der Waals surface area contributed by atoms with Gasteiger partial charge in [0.2, 0.25) is 11.8 Å². The molecule has 1 heterocycles. The lowest BCUT2D eigenvalue weighted by Crippen LogP contribution is -1.90. The third kappa shape index (κ3) is 4.08. The van der Waals surface area contributed by atoms with E-state index in [1.54, 1.807) is 42.5 Å². The highest BCUT2D eigenvalue weighted by Gasteiger charge is 2.11. The van der Waals surface area contributed by atoms with E-state index in [-0.39, 0.29) is 11.5 Å². The van der Waals surface area contributed by atoms with Crippen LogP contribution in [0, 0.1) is 15.9 Å². The zero-order valence-electron chi connectivity index (χ0n) is 15.0. The van der Waals surface area contributed by atoms with Gasteiger partial charge in [-0.3, -0.25) is 10.1 Å². The van der Waals surface area contributed by atoms with E-state index in [4.69, 9.17) is 4.42 Å². The summed E-state index contributed by atoms with van der Waals surface area (Å²) in [7, 11) is 0. The van der Waals surface area contributed by atoms with Crippen molar-refractivity contribution in [3.05, 3.63) is 99.9 Å². The highest BCUT2D eigenvalue weighted by atomic mass is 19.1. The Morgan fingerprint density at radius 1 is 0.828 bits per heavy atom. The molecule has 0 aliphatic rings. The largest absolute Gasteiger partial charge is 0.416 e. The first kappa shape index (κ1) is 18.2. The first-order valence-corrected chi connectivity index (χ1v) is 8.71. The van der Waals surface area contributed by atoms with E-state index in [1.807, 2.05) is 24.3 Å². The molecule has 29 heavy (non-hydrogen) atoms. The minimum absolute atomic E-state index is 0.0551. The first-order valence-electron chi connectivity index (χ1n) is 8.71. The Balaban J connectivity index is 1.53. The van der Waals surface area contributed by atoms with E-state index in [9.17, 15) is 14.5 Å². The summed E-state index contributed by atoms with van der Waals surface area (Å²) in [5.74, 6) is 0.317. The molecule has 0 saturated carbocycles. The number of nitro benzene ring substituents is 1. The van der Waals surface area contributed by atoms with Crippen molar-refractivity contribution in [3.63, 3.8) is 0 Å².